The standard InChI is InChI=1S/C8H13NO2/c1-5(2)6-8(3,4)9-7(10)11-6/h6H,1H2,2-4H3,(H,9,10). The summed E-state index contributed by atoms with van der Waals surface area (Å²) in [6.45, 7) is 9.43. The van der Waals surface area contributed by atoms with Crippen LogP contribution in [0.15, 0.2) is 12.2 Å². The molecule has 1 heterocycles. The van der Waals surface area contributed by atoms with Crippen molar-refractivity contribution in [3.05, 3.63) is 12.2 Å². The Morgan fingerprint density at radius 3 is 2.45 bits per heavy atom. The molecular formula is C8H13NO2. The molecule has 0 aromatic heterocycles. The van der Waals surface area contributed by atoms with Gasteiger partial charge in [-0.3, -0.25) is 0 Å². The largest absolute Gasteiger partial charge is 0.439 e. The van der Waals surface area contributed by atoms with Crippen molar-refractivity contribution in [3.8, 4) is 0 Å². The van der Waals surface area contributed by atoms with E-state index in [2.05, 4.69) is 11.9 Å². The Labute approximate surface area is 66.4 Å². The van der Waals surface area contributed by atoms with Gasteiger partial charge in [-0.2, -0.15) is 0 Å². The van der Waals surface area contributed by atoms with Gasteiger partial charge in [-0.15, -0.1) is 0 Å². The second-order valence-electron chi connectivity index (χ2n) is 3.48. The van der Waals surface area contributed by atoms with E-state index in [0.717, 1.165) is 5.57 Å². The number of carbonyl (C=O) groups excluding carboxylic acids is 1. The summed E-state index contributed by atoms with van der Waals surface area (Å²) in [5.41, 5.74) is 0.552. The van der Waals surface area contributed by atoms with E-state index in [9.17, 15) is 4.79 Å². The van der Waals surface area contributed by atoms with E-state index in [-0.39, 0.29) is 17.7 Å². The van der Waals surface area contributed by atoms with Crippen LogP contribution in [0.1, 0.15) is 20.8 Å². The molecule has 0 bridgehead atoms. The third-order valence-corrected chi connectivity index (χ3v) is 1.75. The number of hydrogen-bond donors (Lipinski definition) is 1. The second-order valence-corrected chi connectivity index (χ2v) is 3.48. The zero-order chi connectivity index (χ0) is 8.65. The molecule has 0 radical (unpaired) electrons. The third-order valence-electron chi connectivity index (χ3n) is 1.75. The Morgan fingerprint density at radius 1 is 1.73 bits per heavy atom. The van der Waals surface area contributed by atoms with Gasteiger partial charge in [0.1, 0.15) is 6.10 Å². The van der Waals surface area contributed by atoms with E-state index >= 15 is 0 Å². The van der Waals surface area contributed by atoms with Crippen LogP contribution in [-0.4, -0.2) is 17.7 Å². The molecule has 1 rings (SSSR count). The normalized spacial score (nSPS) is 27.5. The highest BCUT2D eigenvalue weighted by molar-refractivity contribution is 5.71. The quantitative estimate of drug-likeness (QED) is 0.582. The summed E-state index contributed by atoms with van der Waals surface area (Å²) < 4.78 is 4.99. The number of carbonyl (C=O) groups is 1. The number of hydrogen-bond acceptors (Lipinski definition) is 2. The average Bonchev–Trinajstić information content (AvgIpc) is 2.04. The van der Waals surface area contributed by atoms with E-state index in [1.54, 1.807) is 0 Å². The van der Waals surface area contributed by atoms with Crippen LogP contribution in [0.4, 0.5) is 4.79 Å². The molecule has 0 aliphatic carbocycles. The minimum absolute atomic E-state index is 0.199. The predicted octanol–water partition coefficient (Wildman–Crippen LogP) is 1.45. The first-order chi connectivity index (χ1) is 4.93. The zero-order valence-corrected chi connectivity index (χ0v) is 7.10. The number of rotatable bonds is 1. The average molecular weight is 155 g/mol. The maximum Gasteiger partial charge on any atom is 0.408 e. The van der Waals surface area contributed by atoms with Crippen molar-refractivity contribution >= 4 is 6.09 Å². The molecule has 62 valence electrons. The fraction of sp³-hybridized carbons (Fsp3) is 0.625. The summed E-state index contributed by atoms with van der Waals surface area (Å²) in [4.78, 5) is 10.8. The fourth-order valence-electron chi connectivity index (χ4n) is 1.33. The third kappa shape index (κ3) is 1.37. The Bertz CT molecular complexity index is 208. The Hall–Kier alpha value is -0.990. The topological polar surface area (TPSA) is 38.3 Å². The van der Waals surface area contributed by atoms with Gasteiger partial charge < -0.3 is 10.1 Å². The highest BCUT2D eigenvalue weighted by Gasteiger charge is 2.41. The van der Waals surface area contributed by atoms with Crippen LogP contribution in [0.3, 0.4) is 0 Å². The van der Waals surface area contributed by atoms with Gasteiger partial charge in [0.15, 0.2) is 0 Å². The van der Waals surface area contributed by atoms with Crippen LogP contribution in [-0.2, 0) is 4.74 Å². The van der Waals surface area contributed by atoms with E-state index in [1.807, 2.05) is 20.8 Å². The molecule has 0 spiro atoms. The molecule has 1 fully saturated rings. The van der Waals surface area contributed by atoms with Gasteiger partial charge in [0.2, 0.25) is 0 Å². The van der Waals surface area contributed by atoms with Crippen LogP contribution >= 0.6 is 0 Å². The van der Waals surface area contributed by atoms with E-state index in [0.29, 0.717) is 0 Å². The molecule has 0 saturated carbocycles. The molecule has 1 unspecified atom stereocenters. The second kappa shape index (κ2) is 2.26. The maximum absolute atomic E-state index is 10.8. The van der Waals surface area contributed by atoms with E-state index < -0.39 is 0 Å². The van der Waals surface area contributed by atoms with Crippen molar-refractivity contribution in [1.82, 2.24) is 5.32 Å². The van der Waals surface area contributed by atoms with E-state index in [4.69, 9.17) is 4.74 Å². The smallest absolute Gasteiger partial charge is 0.408 e. The lowest BCUT2D eigenvalue weighted by Gasteiger charge is -2.23. The molecule has 3 nitrogen and oxygen atoms in total. The van der Waals surface area contributed by atoms with Gasteiger partial charge in [0, 0.05) is 0 Å². The Balaban J connectivity index is 2.82. The van der Waals surface area contributed by atoms with Crippen molar-refractivity contribution in [2.45, 2.75) is 32.4 Å². The van der Waals surface area contributed by atoms with Gasteiger partial charge in [-0.1, -0.05) is 6.58 Å². The van der Waals surface area contributed by atoms with Crippen LogP contribution in [0.5, 0.6) is 0 Å². The molecule has 1 amide bonds. The van der Waals surface area contributed by atoms with Crippen molar-refractivity contribution in [2.24, 2.45) is 0 Å². The molecular weight excluding hydrogens is 142 g/mol. The monoisotopic (exact) mass is 155 g/mol. The van der Waals surface area contributed by atoms with Crippen molar-refractivity contribution in [3.63, 3.8) is 0 Å². The maximum atomic E-state index is 10.8. The van der Waals surface area contributed by atoms with Gasteiger partial charge in [0.25, 0.3) is 0 Å². The first-order valence-corrected chi connectivity index (χ1v) is 3.57. The van der Waals surface area contributed by atoms with Crippen LogP contribution in [0, 0.1) is 0 Å². The first kappa shape index (κ1) is 8.11. The summed E-state index contributed by atoms with van der Waals surface area (Å²) >= 11 is 0. The van der Waals surface area contributed by atoms with Gasteiger partial charge in [-0.05, 0) is 26.3 Å². The molecule has 1 atom stereocenters. The molecule has 0 aromatic carbocycles. The Kier molecular flexibility index (Phi) is 1.66. The molecule has 1 N–H and O–H groups in total. The van der Waals surface area contributed by atoms with E-state index in [1.165, 1.54) is 0 Å². The Morgan fingerprint density at radius 2 is 2.27 bits per heavy atom. The predicted molar refractivity (Wildman–Crippen MR) is 42.3 cm³/mol. The SMILES string of the molecule is C=C(C)C1OC(=O)NC1(C)C. The summed E-state index contributed by atoms with van der Waals surface area (Å²) in [6.07, 6.45) is -0.557. The van der Waals surface area contributed by atoms with Gasteiger partial charge in [0.05, 0.1) is 5.54 Å². The molecule has 1 saturated heterocycles. The van der Waals surface area contributed by atoms with Crippen LogP contribution in [0.25, 0.3) is 0 Å². The minimum Gasteiger partial charge on any atom is -0.439 e. The number of ether oxygens (including phenoxy) is 1. The molecule has 3 heteroatoms. The number of nitrogens with one attached hydrogen (secondary N) is 1. The van der Waals surface area contributed by atoms with Crippen molar-refractivity contribution in [2.75, 3.05) is 0 Å². The van der Waals surface area contributed by atoms with Gasteiger partial charge >= 0.3 is 6.09 Å². The highest BCUT2D eigenvalue weighted by atomic mass is 16.6. The lowest BCUT2D eigenvalue weighted by Crippen LogP contribution is -2.42. The minimum atomic E-state index is -0.358. The molecule has 11 heavy (non-hydrogen) atoms. The van der Waals surface area contributed by atoms with Gasteiger partial charge in [-0.25, -0.2) is 4.79 Å². The van der Waals surface area contributed by atoms with Crippen molar-refractivity contribution < 1.29 is 9.53 Å². The molecule has 1 aliphatic heterocycles. The molecule has 0 aromatic rings. The summed E-state index contributed by atoms with van der Waals surface area (Å²) in [5.74, 6) is 0. The van der Waals surface area contributed by atoms with Crippen molar-refractivity contribution in [1.29, 1.82) is 0 Å². The molecule has 1 aliphatic rings. The summed E-state index contributed by atoms with van der Waals surface area (Å²) in [6, 6.07) is 0. The van der Waals surface area contributed by atoms with Crippen LogP contribution < -0.4 is 5.32 Å². The lowest BCUT2D eigenvalue weighted by atomic mass is 9.94. The number of amides is 1. The highest BCUT2D eigenvalue weighted by Crippen LogP contribution is 2.24. The summed E-state index contributed by atoms with van der Waals surface area (Å²) in [7, 11) is 0. The summed E-state index contributed by atoms with van der Waals surface area (Å²) in [5, 5.41) is 2.70. The number of cyclic esters (lactones) is 1. The van der Waals surface area contributed by atoms with Crippen LogP contribution in [0.2, 0.25) is 0 Å². The zero-order valence-electron chi connectivity index (χ0n) is 7.10. The number of alkyl carbamates (subject to hydrolysis) is 1. The lowest BCUT2D eigenvalue weighted by molar-refractivity contribution is 0.138. The first-order valence-electron chi connectivity index (χ1n) is 3.57. The fourth-order valence-corrected chi connectivity index (χ4v) is 1.33.